The van der Waals surface area contributed by atoms with Crippen LogP contribution in [0.3, 0.4) is 0 Å². The van der Waals surface area contributed by atoms with Gasteiger partial charge in [0.25, 0.3) is 5.91 Å². The van der Waals surface area contributed by atoms with Crippen molar-refractivity contribution in [3.63, 3.8) is 0 Å². The van der Waals surface area contributed by atoms with Crippen molar-refractivity contribution < 1.29 is 4.79 Å². The van der Waals surface area contributed by atoms with Crippen LogP contribution in [0.25, 0.3) is 16.8 Å². The van der Waals surface area contributed by atoms with Crippen LogP contribution in [0, 0.1) is 5.41 Å². The van der Waals surface area contributed by atoms with Gasteiger partial charge in [0.05, 0.1) is 16.1 Å². The molecule has 0 saturated carbocycles. The summed E-state index contributed by atoms with van der Waals surface area (Å²) in [6.07, 6.45) is 6.42. The third-order valence-corrected chi connectivity index (χ3v) is 10.1. The highest BCUT2D eigenvalue weighted by atomic mass is 35.5. The molecular weight excluding hydrogens is 544 g/mol. The number of imidazole rings is 2. The van der Waals surface area contributed by atoms with Crippen LogP contribution in [0.5, 0.6) is 0 Å². The van der Waals surface area contributed by atoms with Gasteiger partial charge in [-0.2, -0.15) is 0 Å². The standard InChI is InChI=1S/C29H29ClN8OS/c1-36(2)28(39)16-3-4-17-14-29(24(31)18(17)13-16)8-11-37(12-9-29)26-19-15-34-27-21(5-6-22(35-26)38(19)27)40-20-7-10-33-25(32)23(20)30/h3-7,10,13,15,24H,8-9,11-12,14,31H2,1-2H3,(H2,32,33). The number of hydrogen-bond donors (Lipinski definition) is 2. The minimum absolute atomic E-state index is 0.00580. The summed E-state index contributed by atoms with van der Waals surface area (Å²) in [5, 5.41) is 0.448. The number of rotatable bonds is 4. The van der Waals surface area contributed by atoms with Gasteiger partial charge in [-0.3, -0.25) is 9.20 Å². The van der Waals surface area contributed by atoms with Gasteiger partial charge in [-0.1, -0.05) is 29.4 Å². The lowest BCUT2D eigenvalue weighted by atomic mass is 9.73. The molecule has 1 amide bonds. The number of anilines is 2. The molecule has 1 spiro atoms. The molecule has 7 rings (SSSR count). The summed E-state index contributed by atoms with van der Waals surface area (Å²) in [6, 6.07) is 11.9. The van der Waals surface area contributed by atoms with Gasteiger partial charge in [0.2, 0.25) is 0 Å². The predicted octanol–water partition coefficient (Wildman–Crippen LogP) is 4.65. The van der Waals surface area contributed by atoms with E-state index in [4.69, 9.17) is 33.0 Å². The Labute approximate surface area is 240 Å². The number of nitrogen functional groups attached to an aromatic ring is 1. The molecule has 1 aliphatic carbocycles. The second-order valence-corrected chi connectivity index (χ2v) is 12.5. The van der Waals surface area contributed by atoms with Gasteiger partial charge in [0.1, 0.15) is 17.0 Å². The van der Waals surface area contributed by atoms with Crippen LogP contribution in [0.1, 0.15) is 40.4 Å². The first-order chi connectivity index (χ1) is 19.3. The van der Waals surface area contributed by atoms with Crippen LogP contribution in [-0.4, -0.2) is 57.3 Å². The van der Waals surface area contributed by atoms with Crippen molar-refractivity contribution in [3.05, 3.63) is 70.5 Å². The number of aromatic nitrogens is 4. The van der Waals surface area contributed by atoms with Crippen molar-refractivity contribution in [3.8, 4) is 0 Å². The zero-order chi connectivity index (χ0) is 27.8. The fraction of sp³-hybridized carbons (Fsp3) is 0.310. The third kappa shape index (κ3) is 3.81. The topological polar surface area (TPSA) is 119 Å². The lowest BCUT2D eigenvalue weighted by Crippen LogP contribution is -2.44. The molecule has 0 bridgehead atoms. The number of fused-ring (bicyclic) bond motifs is 1. The number of halogens is 1. The van der Waals surface area contributed by atoms with Crippen molar-refractivity contribution in [2.45, 2.75) is 35.1 Å². The molecule has 0 radical (unpaired) electrons. The smallest absolute Gasteiger partial charge is 0.253 e. The van der Waals surface area contributed by atoms with Crippen molar-refractivity contribution in [2.24, 2.45) is 11.1 Å². The molecule has 5 heterocycles. The Bertz CT molecular complexity index is 1780. The molecule has 1 atom stereocenters. The predicted molar refractivity (Wildman–Crippen MR) is 158 cm³/mol. The average Bonchev–Trinajstić information content (AvgIpc) is 3.63. The number of pyridine rings is 2. The van der Waals surface area contributed by atoms with Crippen LogP contribution in [0.2, 0.25) is 5.02 Å². The molecule has 11 heteroatoms. The molecule has 4 aromatic heterocycles. The van der Waals surface area contributed by atoms with Crippen LogP contribution in [-0.2, 0) is 6.42 Å². The fourth-order valence-electron chi connectivity index (χ4n) is 6.33. The quantitative estimate of drug-likeness (QED) is 0.319. The molecule has 1 unspecified atom stereocenters. The molecule has 4 N–H and O–H groups in total. The van der Waals surface area contributed by atoms with E-state index in [0.29, 0.717) is 16.4 Å². The summed E-state index contributed by atoms with van der Waals surface area (Å²) >= 11 is 7.92. The number of nitrogens with two attached hydrogens (primary N) is 2. The van der Waals surface area contributed by atoms with E-state index in [1.807, 2.05) is 36.5 Å². The lowest BCUT2D eigenvalue weighted by Gasteiger charge is -2.42. The number of piperidine rings is 1. The Morgan fingerprint density at radius 2 is 1.93 bits per heavy atom. The average molecular weight is 573 g/mol. The molecule has 1 aliphatic heterocycles. The molecule has 1 fully saturated rings. The SMILES string of the molecule is CN(C)C(=O)c1ccc2c(c1)C(N)C1(CCN(c3nc4ccc(Sc5ccnc(N)c5Cl)c5ncc3n45)CC1)C2. The third-order valence-electron chi connectivity index (χ3n) is 8.54. The van der Waals surface area contributed by atoms with Crippen LogP contribution >= 0.6 is 23.4 Å². The van der Waals surface area contributed by atoms with E-state index in [-0.39, 0.29) is 17.4 Å². The number of hydrogen-bond acceptors (Lipinski definition) is 8. The van der Waals surface area contributed by atoms with Gasteiger partial charge in [0.15, 0.2) is 11.5 Å². The summed E-state index contributed by atoms with van der Waals surface area (Å²) in [7, 11) is 3.55. The minimum atomic E-state index is -0.0856. The number of nitrogens with zero attached hydrogens (tertiary/aromatic N) is 6. The number of carbonyl (C=O) groups excluding carboxylic acids is 1. The van der Waals surface area contributed by atoms with E-state index in [0.717, 1.165) is 70.3 Å². The summed E-state index contributed by atoms with van der Waals surface area (Å²) in [5.74, 6) is 1.27. The molecular formula is C29H29ClN8OS. The van der Waals surface area contributed by atoms with Crippen molar-refractivity contribution in [1.29, 1.82) is 0 Å². The first-order valence-electron chi connectivity index (χ1n) is 13.3. The first-order valence-corrected chi connectivity index (χ1v) is 14.5. The summed E-state index contributed by atoms with van der Waals surface area (Å²) < 4.78 is 2.11. The Kier molecular flexibility index (Phi) is 5.85. The van der Waals surface area contributed by atoms with Gasteiger partial charge in [-0.15, -0.1) is 0 Å². The van der Waals surface area contributed by atoms with E-state index in [1.54, 1.807) is 25.2 Å². The summed E-state index contributed by atoms with van der Waals surface area (Å²) in [5.41, 5.74) is 18.6. The fourth-order valence-corrected chi connectivity index (χ4v) is 7.48. The monoisotopic (exact) mass is 572 g/mol. The van der Waals surface area contributed by atoms with Gasteiger partial charge >= 0.3 is 0 Å². The molecule has 2 aliphatic rings. The maximum absolute atomic E-state index is 12.5. The normalized spacial score (nSPS) is 18.2. The maximum Gasteiger partial charge on any atom is 0.253 e. The van der Waals surface area contributed by atoms with Crippen molar-refractivity contribution in [1.82, 2.24) is 24.3 Å². The Morgan fingerprint density at radius 3 is 2.70 bits per heavy atom. The number of benzene rings is 1. The van der Waals surface area contributed by atoms with Gasteiger partial charge in [-0.05, 0) is 66.1 Å². The van der Waals surface area contributed by atoms with E-state index < -0.39 is 0 Å². The van der Waals surface area contributed by atoms with E-state index in [9.17, 15) is 4.79 Å². The zero-order valence-electron chi connectivity index (χ0n) is 22.3. The van der Waals surface area contributed by atoms with Gasteiger partial charge in [0, 0.05) is 49.9 Å². The van der Waals surface area contributed by atoms with Crippen molar-refractivity contribution in [2.75, 3.05) is 37.8 Å². The van der Waals surface area contributed by atoms with E-state index in [2.05, 4.69) is 20.4 Å². The molecule has 40 heavy (non-hydrogen) atoms. The van der Waals surface area contributed by atoms with E-state index >= 15 is 0 Å². The molecule has 1 saturated heterocycles. The maximum atomic E-state index is 12.5. The number of carbonyl (C=O) groups is 1. The Morgan fingerprint density at radius 1 is 1.12 bits per heavy atom. The van der Waals surface area contributed by atoms with Crippen LogP contribution < -0.4 is 16.4 Å². The summed E-state index contributed by atoms with van der Waals surface area (Å²) in [4.78, 5) is 32.1. The summed E-state index contributed by atoms with van der Waals surface area (Å²) in [6.45, 7) is 1.72. The Hall–Kier alpha value is -3.60. The lowest BCUT2D eigenvalue weighted by molar-refractivity contribution is 0.0827. The zero-order valence-corrected chi connectivity index (χ0v) is 23.8. The second-order valence-electron chi connectivity index (χ2n) is 11.0. The molecule has 204 valence electrons. The minimum Gasteiger partial charge on any atom is -0.382 e. The van der Waals surface area contributed by atoms with E-state index in [1.165, 1.54) is 17.3 Å². The van der Waals surface area contributed by atoms with Crippen molar-refractivity contribution >= 4 is 57.7 Å². The number of amides is 1. The Balaban J connectivity index is 1.13. The van der Waals surface area contributed by atoms with Gasteiger partial charge in [-0.25, -0.2) is 15.0 Å². The second kappa shape index (κ2) is 9.22. The highest BCUT2D eigenvalue weighted by Gasteiger charge is 2.46. The largest absolute Gasteiger partial charge is 0.382 e. The van der Waals surface area contributed by atoms with Crippen LogP contribution in [0.4, 0.5) is 11.6 Å². The molecule has 9 nitrogen and oxygen atoms in total. The van der Waals surface area contributed by atoms with Gasteiger partial charge < -0.3 is 21.3 Å². The highest BCUT2D eigenvalue weighted by molar-refractivity contribution is 7.99. The first kappa shape index (κ1) is 25.4. The highest BCUT2D eigenvalue weighted by Crippen LogP contribution is 2.51. The molecule has 5 aromatic rings. The molecule has 1 aromatic carbocycles. The van der Waals surface area contributed by atoms with Crippen LogP contribution in [0.15, 0.2) is 58.6 Å².